The Morgan fingerprint density at radius 2 is 2.04 bits per heavy atom. The molecule has 4 nitrogen and oxygen atoms in total. The molecule has 1 aliphatic rings. The molecule has 0 amide bonds. The first kappa shape index (κ1) is 15.2. The third-order valence-corrected chi connectivity index (χ3v) is 4.86. The minimum Gasteiger partial charge on any atom is -0.395 e. The summed E-state index contributed by atoms with van der Waals surface area (Å²) in [5, 5.41) is 13.1. The molecule has 0 spiro atoms. The summed E-state index contributed by atoms with van der Waals surface area (Å²) < 4.78 is 2.17. The van der Waals surface area contributed by atoms with Crippen molar-refractivity contribution in [3.63, 3.8) is 0 Å². The van der Waals surface area contributed by atoms with E-state index in [1.165, 1.54) is 16.8 Å². The van der Waals surface area contributed by atoms with E-state index in [0.29, 0.717) is 12.6 Å². The van der Waals surface area contributed by atoms with Crippen LogP contribution in [0, 0.1) is 0 Å². The zero-order valence-electron chi connectivity index (χ0n) is 14.0. The molecule has 1 aliphatic heterocycles. The first-order chi connectivity index (χ1) is 11.8. The van der Waals surface area contributed by atoms with Crippen LogP contribution in [0.5, 0.6) is 0 Å². The molecule has 0 radical (unpaired) electrons. The third kappa shape index (κ3) is 2.67. The molecule has 2 aromatic carbocycles. The number of aromatic nitrogens is 2. The van der Waals surface area contributed by atoms with Crippen LogP contribution >= 0.6 is 0 Å². The van der Waals surface area contributed by atoms with Crippen molar-refractivity contribution in [2.75, 3.05) is 11.9 Å². The van der Waals surface area contributed by atoms with Gasteiger partial charge < -0.3 is 15.0 Å². The zero-order chi connectivity index (χ0) is 16.5. The van der Waals surface area contributed by atoms with Gasteiger partial charge in [-0.2, -0.15) is 0 Å². The molecule has 2 heterocycles. The molecule has 4 rings (SSSR count). The number of anilines is 1. The number of benzene rings is 2. The molecule has 0 aliphatic carbocycles. The first-order valence-electron chi connectivity index (χ1n) is 8.68. The lowest BCUT2D eigenvalue weighted by Crippen LogP contribution is -2.22. The van der Waals surface area contributed by atoms with Gasteiger partial charge in [-0.25, -0.2) is 4.98 Å². The third-order valence-electron chi connectivity index (χ3n) is 4.86. The van der Waals surface area contributed by atoms with E-state index in [9.17, 15) is 5.11 Å². The Morgan fingerprint density at radius 3 is 2.83 bits per heavy atom. The molecule has 4 heteroatoms. The van der Waals surface area contributed by atoms with E-state index in [-0.39, 0.29) is 6.61 Å². The summed E-state index contributed by atoms with van der Waals surface area (Å²) in [4.78, 5) is 4.98. The van der Waals surface area contributed by atoms with Crippen LogP contribution in [-0.4, -0.2) is 27.3 Å². The van der Waals surface area contributed by atoms with Crippen LogP contribution in [0.1, 0.15) is 30.3 Å². The van der Waals surface area contributed by atoms with Crippen molar-refractivity contribution in [1.82, 2.24) is 9.55 Å². The minimum atomic E-state index is 0.125. The van der Waals surface area contributed by atoms with Crippen molar-refractivity contribution in [2.45, 2.75) is 38.8 Å². The van der Waals surface area contributed by atoms with E-state index >= 15 is 0 Å². The zero-order valence-corrected chi connectivity index (χ0v) is 14.0. The standard InChI is InChI=1S/C20H23N3O/c1-14-7-8-16-17(21-14)9-10-18-20(16)22-19(23(18)11-12-24)13-15-5-3-2-4-6-15/h2-6,9-10,14,21,24H,7-8,11-13H2,1H3/t14-/m0/s1. The number of aliphatic hydroxyl groups is 1. The number of hydrogen-bond acceptors (Lipinski definition) is 3. The smallest absolute Gasteiger partial charge is 0.114 e. The monoisotopic (exact) mass is 321 g/mol. The Labute approximate surface area is 142 Å². The van der Waals surface area contributed by atoms with Gasteiger partial charge in [0.25, 0.3) is 0 Å². The molecule has 0 bridgehead atoms. The van der Waals surface area contributed by atoms with Crippen LogP contribution in [0.15, 0.2) is 42.5 Å². The lowest BCUT2D eigenvalue weighted by Gasteiger charge is -2.24. The largest absolute Gasteiger partial charge is 0.395 e. The second-order valence-electron chi connectivity index (χ2n) is 6.61. The first-order valence-corrected chi connectivity index (χ1v) is 8.68. The highest BCUT2D eigenvalue weighted by molar-refractivity contribution is 5.86. The molecule has 1 aromatic heterocycles. The van der Waals surface area contributed by atoms with E-state index in [2.05, 4.69) is 53.2 Å². The Morgan fingerprint density at radius 1 is 1.21 bits per heavy atom. The SMILES string of the molecule is C[C@H]1CCc2c(ccc3c2nc(Cc2ccccc2)n3CCO)N1. The van der Waals surface area contributed by atoms with Gasteiger partial charge in [-0.1, -0.05) is 30.3 Å². The van der Waals surface area contributed by atoms with Gasteiger partial charge in [0, 0.05) is 30.3 Å². The van der Waals surface area contributed by atoms with E-state index < -0.39 is 0 Å². The molecule has 2 N–H and O–H groups in total. The van der Waals surface area contributed by atoms with Gasteiger partial charge in [0.2, 0.25) is 0 Å². The van der Waals surface area contributed by atoms with Gasteiger partial charge in [0.05, 0.1) is 17.6 Å². The summed E-state index contributed by atoms with van der Waals surface area (Å²) in [6, 6.07) is 15.2. The van der Waals surface area contributed by atoms with Crippen LogP contribution in [-0.2, 0) is 19.4 Å². The Kier molecular flexibility index (Phi) is 3.98. The van der Waals surface area contributed by atoms with Crippen molar-refractivity contribution >= 4 is 16.7 Å². The molecule has 0 unspecified atom stereocenters. The molecule has 0 fully saturated rings. The summed E-state index contributed by atoms with van der Waals surface area (Å²) in [6.07, 6.45) is 2.98. The molecule has 0 saturated heterocycles. The Hall–Kier alpha value is -2.33. The maximum Gasteiger partial charge on any atom is 0.114 e. The topological polar surface area (TPSA) is 50.1 Å². The van der Waals surface area contributed by atoms with Crippen LogP contribution in [0.25, 0.3) is 11.0 Å². The maximum absolute atomic E-state index is 9.50. The fourth-order valence-electron chi connectivity index (χ4n) is 3.64. The number of nitrogens with one attached hydrogen (secondary N) is 1. The molecular formula is C20H23N3O. The number of rotatable bonds is 4. The summed E-state index contributed by atoms with van der Waals surface area (Å²) >= 11 is 0. The molecule has 0 saturated carbocycles. The van der Waals surface area contributed by atoms with Gasteiger partial charge in [0.15, 0.2) is 0 Å². The second-order valence-corrected chi connectivity index (χ2v) is 6.61. The predicted molar refractivity (Wildman–Crippen MR) is 97.5 cm³/mol. The summed E-state index contributed by atoms with van der Waals surface area (Å²) in [7, 11) is 0. The number of hydrogen-bond donors (Lipinski definition) is 2. The van der Waals surface area contributed by atoms with E-state index in [1.807, 2.05) is 6.07 Å². The highest BCUT2D eigenvalue weighted by atomic mass is 16.3. The predicted octanol–water partition coefficient (Wildman–Crippen LogP) is 3.37. The van der Waals surface area contributed by atoms with Crippen molar-refractivity contribution in [3.05, 3.63) is 59.4 Å². The molecule has 1 atom stereocenters. The van der Waals surface area contributed by atoms with Crippen LogP contribution < -0.4 is 5.32 Å². The van der Waals surface area contributed by atoms with E-state index in [0.717, 1.165) is 36.1 Å². The molecule has 124 valence electrons. The van der Waals surface area contributed by atoms with Gasteiger partial charge >= 0.3 is 0 Å². The normalized spacial score (nSPS) is 16.8. The van der Waals surface area contributed by atoms with Crippen molar-refractivity contribution in [2.24, 2.45) is 0 Å². The van der Waals surface area contributed by atoms with E-state index in [4.69, 9.17) is 4.98 Å². The van der Waals surface area contributed by atoms with E-state index in [1.54, 1.807) is 0 Å². The Bertz CT molecular complexity index is 854. The quantitative estimate of drug-likeness (QED) is 0.774. The molecule has 24 heavy (non-hydrogen) atoms. The summed E-state index contributed by atoms with van der Waals surface area (Å²) in [5.41, 5.74) is 5.99. The number of fused-ring (bicyclic) bond motifs is 3. The number of nitrogens with zero attached hydrogens (tertiary/aromatic N) is 2. The van der Waals surface area contributed by atoms with Crippen LogP contribution in [0.3, 0.4) is 0 Å². The van der Waals surface area contributed by atoms with Crippen molar-refractivity contribution < 1.29 is 5.11 Å². The number of aliphatic hydroxyl groups excluding tert-OH is 1. The second kappa shape index (κ2) is 6.29. The average molecular weight is 321 g/mol. The average Bonchev–Trinajstić information content (AvgIpc) is 2.93. The lowest BCUT2D eigenvalue weighted by atomic mass is 9.98. The van der Waals surface area contributed by atoms with Crippen molar-refractivity contribution in [1.29, 1.82) is 0 Å². The summed E-state index contributed by atoms with van der Waals surface area (Å²) in [5.74, 6) is 1.03. The van der Waals surface area contributed by atoms with Gasteiger partial charge in [-0.05, 0) is 37.5 Å². The van der Waals surface area contributed by atoms with Gasteiger partial charge in [0.1, 0.15) is 5.82 Å². The molecular weight excluding hydrogens is 298 g/mol. The van der Waals surface area contributed by atoms with Gasteiger partial charge in [-0.3, -0.25) is 0 Å². The van der Waals surface area contributed by atoms with Crippen LogP contribution in [0.2, 0.25) is 0 Å². The van der Waals surface area contributed by atoms with Crippen LogP contribution in [0.4, 0.5) is 5.69 Å². The maximum atomic E-state index is 9.50. The minimum absolute atomic E-state index is 0.125. The fourth-order valence-corrected chi connectivity index (χ4v) is 3.64. The Balaban J connectivity index is 1.82. The molecule has 3 aromatic rings. The number of imidazole rings is 1. The lowest BCUT2D eigenvalue weighted by molar-refractivity contribution is 0.276. The summed E-state index contributed by atoms with van der Waals surface area (Å²) in [6.45, 7) is 2.93. The number of aryl methyl sites for hydroxylation is 1. The van der Waals surface area contributed by atoms with Gasteiger partial charge in [-0.15, -0.1) is 0 Å². The highest BCUT2D eigenvalue weighted by Gasteiger charge is 2.20. The fraction of sp³-hybridized carbons (Fsp3) is 0.350. The van der Waals surface area contributed by atoms with Crippen molar-refractivity contribution in [3.8, 4) is 0 Å². The highest BCUT2D eigenvalue weighted by Crippen LogP contribution is 2.32.